The molecule has 1 heterocycles. The third-order valence-corrected chi connectivity index (χ3v) is 7.48. The van der Waals surface area contributed by atoms with Gasteiger partial charge in [-0.1, -0.05) is 64.7 Å². The highest BCUT2D eigenvalue weighted by Crippen LogP contribution is 2.32. The molecule has 0 spiro atoms. The molecular formula is C21H19ClN4O4S3. The second-order valence-electron chi connectivity index (χ2n) is 6.30. The molecule has 1 aromatic heterocycles. The van der Waals surface area contributed by atoms with Gasteiger partial charge in [-0.2, -0.15) is 5.10 Å². The molecule has 0 radical (unpaired) electrons. The Morgan fingerprint density at radius 1 is 1.15 bits per heavy atom. The highest BCUT2D eigenvalue weighted by molar-refractivity contribution is 8.03. The standard InChI is InChI=1S/C21H19ClN4O4S3/c1-13(27)30-17-8-7-14(9-18(17)29-2)10-23-24-19(28)12-32-21-26-25-20(33-21)31-11-15-5-3-4-6-16(15)22/h3-10H,11-12H2,1-2H3,(H,24,28). The number of thioether (sulfide) groups is 2. The Hall–Kier alpha value is -2.60. The van der Waals surface area contributed by atoms with E-state index in [1.807, 2.05) is 24.3 Å². The fourth-order valence-electron chi connectivity index (χ4n) is 2.41. The van der Waals surface area contributed by atoms with E-state index in [4.69, 9.17) is 21.1 Å². The highest BCUT2D eigenvalue weighted by atomic mass is 35.5. The monoisotopic (exact) mass is 522 g/mol. The van der Waals surface area contributed by atoms with Crippen LogP contribution in [0.2, 0.25) is 5.02 Å². The number of carbonyl (C=O) groups excluding carboxylic acids is 2. The topological polar surface area (TPSA) is 103 Å². The predicted molar refractivity (Wildman–Crippen MR) is 132 cm³/mol. The number of hydrazone groups is 1. The van der Waals surface area contributed by atoms with Crippen molar-refractivity contribution in [2.45, 2.75) is 21.4 Å². The van der Waals surface area contributed by atoms with Gasteiger partial charge in [0, 0.05) is 17.7 Å². The van der Waals surface area contributed by atoms with Crippen molar-refractivity contribution in [2.24, 2.45) is 5.10 Å². The minimum atomic E-state index is -0.443. The number of halogens is 1. The van der Waals surface area contributed by atoms with Crippen LogP contribution >= 0.6 is 46.5 Å². The SMILES string of the molecule is COc1cc(C=NNC(=O)CSc2nnc(SCc3ccccc3Cl)s2)ccc1OC(C)=O. The molecule has 3 rings (SSSR count). The maximum absolute atomic E-state index is 12.1. The summed E-state index contributed by atoms with van der Waals surface area (Å²) in [5, 5.41) is 12.9. The molecule has 172 valence electrons. The number of amides is 1. The zero-order chi connectivity index (χ0) is 23.6. The Balaban J connectivity index is 1.45. The first kappa shape index (κ1) is 25.0. The summed E-state index contributed by atoms with van der Waals surface area (Å²) in [5.74, 6) is 0.817. The van der Waals surface area contributed by atoms with Crippen molar-refractivity contribution in [3.05, 3.63) is 58.6 Å². The number of aromatic nitrogens is 2. The first-order valence-corrected chi connectivity index (χ1v) is 12.6. The number of carbonyl (C=O) groups is 2. The molecule has 0 fully saturated rings. The molecule has 0 saturated heterocycles. The van der Waals surface area contributed by atoms with E-state index in [0.717, 1.165) is 14.9 Å². The van der Waals surface area contributed by atoms with E-state index < -0.39 is 5.97 Å². The van der Waals surface area contributed by atoms with Crippen LogP contribution in [0.4, 0.5) is 0 Å². The maximum atomic E-state index is 12.1. The molecule has 33 heavy (non-hydrogen) atoms. The first-order valence-electron chi connectivity index (χ1n) is 9.45. The molecule has 0 saturated carbocycles. The van der Waals surface area contributed by atoms with Crippen molar-refractivity contribution < 1.29 is 19.1 Å². The van der Waals surface area contributed by atoms with Gasteiger partial charge < -0.3 is 9.47 Å². The summed E-state index contributed by atoms with van der Waals surface area (Å²) >= 11 is 10.4. The van der Waals surface area contributed by atoms with Crippen molar-refractivity contribution >= 4 is 64.6 Å². The number of rotatable bonds is 10. The number of hydrogen-bond acceptors (Lipinski definition) is 10. The number of ether oxygens (including phenoxy) is 2. The second-order valence-corrected chi connectivity index (χ2v) is 10.1. The average Bonchev–Trinajstić information content (AvgIpc) is 3.25. The molecule has 1 amide bonds. The second kappa shape index (κ2) is 12.6. The van der Waals surface area contributed by atoms with Gasteiger partial charge in [0.1, 0.15) is 0 Å². The molecule has 0 aliphatic heterocycles. The summed E-state index contributed by atoms with van der Waals surface area (Å²) in [5.41, 5.74) is 4.16. The quantitative estimate of drug-likeness (QED) is 0.135. The van der Waals surface area contributed by atoms with Crippen LogP contribution in [-0.2, 0) is 15.3 Å². The van der Waals surface area contributed by atoms with Crippen LogP contribution in [-0.4, -0.2) is 41.2 Å². The molecule has 0 bridgehead atoms. The Bertz CT molecular complexity index is 1160. The molecule has 0 aliphatic carbocycles. The lowest BCUT2D eigenvalue weighted by Crippen LogP contribution is -2.19. The van der Waals surface area contributed by atoms with Crippen molar-refractivity contribution in [3.63, 3.8) is 0 Å². The van der Waals surface area contributed by atoms with E-state index in [-0.39, 0.29) is 11.7 Å². The number of benzene rings is 2. The molecule has 3 aromatic rings. The smallest absolute Gasteiger partial charge is 0.308 e. The minimum absolute atomic E-state index is 0.149. The van der Waals surface area contributed by atoms with Gasteiger partial charge in [-0.05, 0) is 35.4 Å². The predicted octanol–water partition coefficient (Wildman–Crippen LogP) is 4.66. The van der Waals surface area contributed by atoms with E-state index in [1.165, 1.54) is 43.3 Å². The Morgan fingerprint density at radius 3 is 2.64 bits per heavy atom. The summed E-state index contributed by atoms with van der Waals surface area (Å²) < 4.78 is 11.8. The molecule has 2 aromatic carbocycles. The Morgan fingerprint density at radius 2 is 1.91 bits per heavy atom. The van der Waals surface area contributed by atoms with Gasteiger partial charge in [-0.15, -0.1) is 10.2 Å². The van der Waals surface area contributed by atoms with Gasteiger partial charge in [0.15, 0.2) is 20.2 Å². The fourth-order valence-corrected chi connectivity index (χ4v) is 5.51. The average molecular weight is 523 g/mol. The van der Waals surface area contributed by atoms with Crippen LogP contribution in [0.1, 0.15) is 18.1 Å². The number of nitrogens with zero attached hydrogens (tertiary/aromatic N) is 3. The van der Waals surface area contributed by atoms with E-state index in [9.17, 15) is 9.59 Å². The molecular weight excluding hydrogens is 504 g/mol. The summed E-state index contributed by atoms with van der Waals surface area (Å²) in [6, 6.07) is 12.6. The minimum Gasteiger partial charge on any atom is -0.493 e. The molecule has 0 aliphatic rings. The largest absolute Gasteiger partial charge is 0.493 e. The molecule has 0 atom stereocenters. The number of nitrogens with one attached hydrogen (secondary N) is 1. The summed E-state index contributed by atoms with van der Waals surface area (Å²) in [6.07, 6.45) is 1.47. The molecule has 0 unspecified atom stereocenters. The highest BCUT2D eigenvalue weighted by Gasteiger charge is 2.10. The maximum Gasteiger partial charge on any atom is 0.308 e. The zero-order valence-corrected chi connectivity index (χ0v) is 20.8. The lowest BCUT2D eigenvalue weighted by atomic mass is 10.2. The van der Waals surface area contributed by atoms with Crippen LogP contribution in [0.15, 0.2) is 56.2 Å². The normalized spacial score (nSPS) is 10.9. The number of hydrogen-bond donors (Lipinski definition) is 1. The van der Waals surface area contributed by atoms with E-state index >= 15 is 0 Å². The molecule has 1 N–H and O–H groups in total. The third-order valence-electron chi connectivity index (χ3n) is 3.87. The number of methoxy groups -OCH3 is 1. The number of esters is 1. The van der Waals surface area contributed by atoms with Crippen LogP contribution in [0.25, 0.3) is 0 Å². The third kappa shape index (κ3) is 8.04. The van der Waals surface area contributed by atoms with Crippen LogP contribution in [0.3, 0.4) is 0 Å². The summed E-state index contributed by atoms with van der Waals surface area (Å²) in [6.45, 7) is 1.31. The van der Waals surface area contributed by atoms with Gasteiger partial charge in [0.25, 0.3) is 5.91 Å². The van der Waals surface area contributed by atoms with Gasteiger partial charge in [0.05, 0.1) is 19.1 Å². The summed E-state index contributed by atoms with van der Waals surface area (Å²) in [4.78, 5) is 23.2. The molecule has 8 nitrogen and oxygen atoms in total. The van der Waals surface area contributed by atoms with Gasteiger partial charge in [0.2, 0.25) is 0 Å². The lowest BCUT2D eigenvalue weighted by Gasteiger charge is -2.08. The molecule has 12 heteroatoms. The van der Waals surface area contributed by atoms with Crippen molar-refractivity contribution in [2.75, 3.05) is 12.9 Å². The van der Waals surface area contributed by atoms with Gasteiger partial charge >= 0.3 is 5.97 Å². The Kier molecular flexibility index (Phi) is 9.55. The van der Waals surface area contributed by atoms with Crippen molar-refractivity contribution in [3.8, 4) is 11.5 Å². The first-order chi connectivity index (χ1) is 15.9. The van der Waals surface area contributed by atoms with E-state index in [0.29, 0.717) is 27.2 Å². The fraction of sp³-hybridized carbons (Fsp3) is 0.190. The van der Waals surface area contributed by atoms with E-state index in [2.05, 4.69) is 20.7 Å². The zero-order valence-electron chi connectivity index (χ0n) is 17.6. The lowest BCUT2D eigenvalue weighted by molar-refractivity contribution is -0.132. The van der Waals surface area contributed by atoms with Gasteiger partial charge in [-0.3, -0.25) is 9.59 Å². The van der Waals surface area contributed by atoms with Crippen LogP contribution in [0, 0.1) is 0 Å². The van der Waals surface area contributed by atoms with Crippen LogP contribution < -0.4 is 14.9 Å². The van der Waals surface area contributed by atoms with Crippen molar-refractivity contribution in [1.29, 1.82) is 0 Å². The van der Waals surface area contributed by atoms with Crippen molar-refractivity contribution in [1.82, 2.24) is 15.6 Å². The van der Waals surface area contributed by atoms with E-state index in [1.54, 1.807) is 30.0 Å². The summed E-state index contributed by atoms with van der Waals surface area (Å²) in [7, 11) is 1.47. The van der Waals surface area contributed by atoms with Crippen LogP contribution in [0.5, 0.6) is 11.5 Å². The Labute approximate surface area is 208 Å². The van der Waals surface area contributed by atoms with Gasteiger partial charge in [-0.25, -0.2) is 5.43 Å².